The maximum Gasteiger partial charge on any atom is 0.273 e. The third-order valence-electron chi connectivity index (χ3n) is 2.52. The predicted molar refractivity (Wildman–Crippen MR) is 79.1 cm³/mol. The van der Waals surface area contributed by atoms with Gasteiger partial charge in [0, 0.05) is 4.47 Å². The lowest BCUT2D eigenvalue weighted by atomic mass is 10.1. The molecule has 1 aliphatic rings. The molecule has 2 rings (SSSR count). The van der Waals surface area contributed by atoms with Gasteiger partial charge in [0.15, 0.2) is 16.6 Å². The zero-order valence-corrected chi connectivity index (χ0v) is 12.6. The van der Waals surface area contributed by atoms with Crippen LogP contribution >= 0.6 is 28.1 Å². The molecule has 7 heteroatoms. The Balaban J connectivity index is 2.43. The first-order valence-electron chi connectivity index (χ1n) is 5.30. The lowest BCUT2D eigenvalue weighted by Gasteiger charge is -2.10. The van der Waals surface area contributed by atoms with Crippen LogP contribution in [-0.2, 0) is 4.79 Å². The van der Waals surface area contributed by atoms with Crippen molar-refractivity contribution in [1.82, 2.24) is 10.6 Å². The molecule has 0 atom stereocenters. The Morgan fingerprint density at radius 1 is 1.21 bits per heavy atom. The third kappa shape index (κ3) is 2.87. The molecule has 0 aliphatic carbocycles. The molecule has 1 heterocycles. The zero-order valence-electron chi connectivity index (χ0n) is 10.2. The third-order valence-corrected chi connectivity index (χ3v) is 3.41. The van der Waals surface area contributed by atoms with E-state index in [2.05, 4.69) is 26.6 Å². The molecule has 0 spiro atoms. The first-order valence-corrected chi connectivity index (χ1v) is 6.51. The van der Waals surface area contributed by atoms with Crippen LogP contribution in [0.25, 0.3) is 6.08 Å². The molecule has 1 aromatic rings. The summed E-state index contributed by atoms with van der Waals surface area (Å²) in [5.41, 5.74) is 1.16. The molecule has 0 saturated carbocycles. The van der Waals surface area contributed by atoms with Crippen LogP contribution in [0.5, 0.6) is 11.5 Å². The molecule has 0 radical (unpaired) electrons. The first-order chi connectivity index (χ1) is 9.05. The number of rotatable bonds is 3. The summed E-state index contributed by atoms with van der Waals surface area (Å²) < 4.78 is 11.2. The highest BCUT2D eigenvalue weighted by Gasteiger charge is 2.20. The summed E-state index contributed by atoms with van der Waals surface area (Å²) in [6.07, 6.45) is 1.68. The lowest BCUT2D eigenvalue weighted by molar-refractivity contribution is -0.115. The maximum absolute atomic E-state index is 11.6. The summed E-state index contributed by atoms with van der Waals surface area (Å²) in [7, 11) is 3.12. The molecule has 0 bridgehead atoms. The van der Waals surface area contributed by atoms with Crippen molar-refractivity contribution in [3.05, 3.63) is 27.9 Å². The van der Waals surface area contributed by atoms with E-state index in [0.717, 1.165) is 10.0 Å². The lowest BCUT2D eigenvalue weighted by Crippen LogP contribution is -2.21. The van der Waals surface area contributed by atoms with E-state index in [4.69, 9.17) is 21.7 Å². The number of ether oxygens (including phenoxy) is 2. The van der Waals surface area contributed by atoms with Crippen molar-refractivity contribution in [2.45, 2.75) is 0 Å². The normalized spacial score (nSPS) is 16.3. The number of hydrogen-bond donors (Lipinski definition) is 2. The standard InChI is InChI=1S/C12H11BrN2O3S/c1-17-9-4-6(7(13)5-10(9)18-2)3-8-11(16)15-12(19)14-8/h3-5H,1-2H3,(H2,14,15,16,19)/b8-3+. The van der Waals surface area contributed by atoms with E-state index in [-0.39, 0.29) is 5.91 Å². The van der Waals surface area contributed by atoms with Gasteiger partial charge in [0.05, 0.1) is 14.2 Å². The average molecular weight is 343 g/mol. The minimum atomic E-state index is -0.258. The van der Waals surface area contributed by atoms with Gasteiger partial charge < -0.3 is 14.8 Å². The van der Waals surface area contributed by atoms with Crippen LogP contribution in [-0.4, -0.2) is 25.2 Å². The molecule has 2 N–H and O–H groups in total. The van der Waals surface area contributed by atoms with Gasteiger partial charge in [-0.3, -0.25) is 10.1 Å². The number of amides is 1. The molecule has 100 valence electrons. The second-order valence-electron chi connectivity index (χ2n) is 3.69. The Morgan fingerprint density at radius 2 is 1.84 bits per heavy atom. The molecule has 0 unspecified atom stereocenters. The van der Waals surface area contributed by atoms with Crippen molar-refractivity contribution in [3.63, 3.8) is 0 Å². The Hall–Kier alpha value is -1.60. The summed E-state index contributed by atoms with van der Waals surface area (Å²) >= 11 is 8.29. The Morgan fingerprint density at radius 3 is 2.37 bits per heavy atom. The van der Waals surface area contributed by atoms with Gasteiger partial charge in [-0.25, -0.2) is 0 Å². The Bertz CT molecular complexity index is 587. The van der Waals surface area contributed by atoms with Crippen LogP contribution in [0, 0.1) is 0 Å². The van der Waals surface area contributed by atoms with Crippen LogP contribution < -0.4 is 20.1 Å². The average Bonchev–Trinajstić information content (AvgIpc) is 2.69. The topological polar surface area (TPSA) is 59.6 Å². The van der Waals surface area contributed by atoms with Gasteiger partial charge in [-0.1, -0.05) is 15.9 Å². The quantitative estimate of drug-likeness (QED) is 0.648. The Kier molecular flexibility index (Phi) is 4.06. The van der Waals surface area contributed by atoms with Crippen LogP contribution in [0.15, 0.2) is 22.3 Å². The van der Waals surface area contributed by atoms with Crippen molar-refractivity contribution in [1.29, 1.82) is 0 Å². The van der Waals surface area contributed by atoms with Crippen molar-refractivity contribution in [3.8, 4) is 11.5 Å². The highest BCUT2D eigenvalue weighted by molar-refractivity contribution is 9.10. The van der Waals surface area contributed by atoms with E-state index in [1.54, 1.807) is 32.4 Å². The highest BCUT2D eigenvalue weighted by atomic mass is 79.9. The van der Waals surface area contributed by atoms with Crippen molar-refractivity contribution >= 4 is 45.2 Å². The number of methoxy groups -OCH3 is 2. The summed E-state index contributed by atoms with van der Waals surface area (Å²) in [5, 5.41) is 5.58. The van der Waals surface area contributed by atoms with Crippen molar-refractivity contribution in [2.75, 3.05) is 14.2 Å². The molecule has 1 amide bonds. The monoisotopic (exact) mass is 342 g/mol. The van der Waals surface area contributed by atoms with Gasteiger partial charge in [0.2, 0.25) is 0 Å². The van der Waals surface area contributed by atoms with Crippen LogP contribution in [0.3, 0.4) is 0 Å². The summed E-state index contributed by atoms with van der Waals surface area (Å²) in [5.74, 6) is 0.932. The van der Waals surface area contributed by atoms with Gasteiger partial charge in [-0.2, -0.15) is 0 Å². The minimum absolute atomic E-state index is 0.258. The number of carbonyl (C=O) groups excluding carboxylic acids is 1. The largest absolute Gasteiger partial charge is 0.493 e. The number of carbonyl (C=O) groups is 1. The van der Waals surface area contributed by atoms with Gasteiger partial charge >= 0.3 is 0 Å². The second-order valence-corrected chi connectivity index (χ2v) is 4.96. The van der Waals surface area contributed by atoms with Gasteiger partial charge in [-0.05, 0) is 36.0 Å². The number of thiocarbonyl (C=S) groups is 1. The number of hydrogen-bond acceptors (Lipinski definition) is 4. The van der Waals surface area contributed by atoms with Gasteiger partial charge in [0.1, 0.15) is 5.70 Å². The fourth-order valence-corrected chi connectivity index (χ4v) is 2.26. The Labute approximate surface area is 124 Å². The van der Waals surface area contributed by atoms with Crippen LogP contribution in [0.2, 0.25) is 0 Å². The van der Waals surface area contributed by atoms with E-state index in [1.807, 2.05) is 0 Å². The zero-order chi connectivity index (χ0) is 14.0. The summed E-state index contributed by atoms with van der Waals surface area (Å²) in [6.45, 7) is 0. The summed E-state index contributed by atoms with van der Waals surface area (Å²) in [6, 6.07) is 3.54. The van der Waals surface area contributed by atoms with Crippen molar-refractivity contribution in [2.24, 2.45) is 0 Å². The molecule has 1 saturated heterocycles. The molecule has 5 nitrogen and oxygen atoms in total. The maximum atomic E-state index is 11.6. The predicted octanol–water partition coefficient (Wildman–Crippen LogP) is 1.81. The number of halogens is 1. The molecular formula is C12H11BrN2O3S. The molecule has 1 aliphatic heterocycles. The molecule has 0 aromatic heterocycles. The van der Waals surface area contributed by atoms with Gasteiger partial charge in [-0.15, -0.1) is 0 Å². The van der Waals surface area contributed by atoms with E-state index >= 15 is 0 Å². The van der Waals surface area contributed by atoms with Crippen LogP contribution in [0.1, 0.15) is 5.56 Å². The minimum Gasteiger partial charge on any atom is -0.493 e. The number of nitrogens with one attached hydrogen (secondary N) is 2. The first kappa shape index (κ1) is 13.8. The van der Waals surface area contributed by atoms with Crippen LogP contribution in [0.4, 0.5) is 0 Å². The van der Waals surface area contributed by atoms with E-state index < -0.39 is 0 Å². The second kappa shape index (κ2) is 5.58. The molecule has 1 fully saturated rings. The summed E-state index contributed by atoms with van der Waals surface area (Å²) in [4.78, 5) is 11.6. The van der Waals surface area contributed by atoms with E-state index in [0.29, 0.717) is 22.3 Å². The van der Waals surface area contributed by atoms with E-state index in [9.17, 15) is 4.79 Å². The fourth-order valence-electron chi connectivity index (χ4n) is 1.62. The van der Waals surface area contributed by atoms with Gasteiger partial charge in [0.25, 0.3) is 5.91 Å². The fraction of sp³-hybridized carbons (Fsp3) is 0.167. The number of benzene rings is 1. The van der Waals surface area contributed by atoms with Crippen molar-refractivity contribution < 1.29 is 14.3 Å². The van der Waals surface area contributed by atoms with E-state index in [1.165, 1.54) is 0 Å². The molecular weight excluding hydrogens is 332 g/mol. The smallest absolute Gasteiger partial charge is 0.273 e. The SMILES string of the molecule is COc1cc(Br)c(/C=C2/NC(=S)NC2=O)cc1OC. The highest BCUT2D eigenvalue weighted by Crippen LogP contribution is 2.34. The molecule has 19 heavy (non-hydrogen) atoms. The molecule has 1 aromatic carbocycles.